The summed E-state index contributed by atoms with van der Waals surface area (Å²) in [5, 5.41) is 22.9. The largest absolute Gasteiger partial charge is 0.486 e. The number of anilines is 1. The average Bonchev–Trinajstić information content (AvgIpc) is 3.08. The smallest absolute Gasteiger partial charge is 0.285 e. The minimum Gasteiger partial charge on any atom is -0.486 e. The number of halogens is 1. The number of carbonyl (C=O) groups is 1. The molecule has 1 amide bonds. The number of ether oxygens (including phenoxy) is 1. The second-order valence-corrected chi connectivity index (χ2v) is 6.92. The maximum Gasteiger partial charge on any atom is 0.285 e. The van der Waals surface area contributed by atoms with Crippen LogP contribution in [0.1, 0.15) is 20.9 Å². The third-order valence-electron chi connectivity index (χ3n) is 3.53. The number of aryl methyl sites for hydroxylation is 1. The van der Waals surface area contributed by atoms with Gasteiger partial charge in [0.1, 0.15) is 17.9 Å². The fourth-order valence-corrected chi connectivity index (χ4v) is 3.06. The zero-order valence-electron chi connectivity index (χ0n) is 14.0. The number of hydrogen-bond acceptors (Lipinski definition) is 7. The Kier molecular flexibility index (Phi) is 5.63. The number of nitro benzene ring substituents is 1. The topological polar surface area (TPSA) is 107 Å². The SMILES string of the molecule is Cc1cccc(C(=O)Nc2nnc(COc3ccc(Cl)cc3)s2)c1[N+](=O)[O-]. The molecular weight excluding hydrogens is 392 g/mol. The number of nitro groups is 1. The van der Waals surface area contributed by atoms with Gasteiger partial charge in [-0.2, -0.15) is 0 Å². The van der Waals surface area contributed by atoms with Gasteiger partial charge in [0.25, 0.3) is 11.6 Å². The van der Waals surface area contributed by atoms with Crippen molar-refractivity contribution in [3.8, 4) is 5.75 Å². The van der Waals surface area contributed by atoms with Crippen LogP contribution in [0, 0.1) is 17.0 Å². The maximum atomic E-state index is 12.4. The van der Waals surface area contributed by atoms with Gasteiger partial charge in [-0.05, 0) is 37.3 Å². The molecule has 0 aliphatic carbocycles. The van der Waals surface area contributed by atoms with Crippen LogP contribution in [0.15, 0.2) is 42.5 Å². The minimum atomic E-state index is -0.619. The van der Waals surface area contributed by atoms with Gasteiger partial charge < -0.3 is 4.74 Å². The van der Waals surface area contributed by atoms with Crippen molar-refractivity contribution in [3.05, 3.63) is 73.7 Å². The van der Waals surface area contributed by atoms with Crippen molar-refractivity contribution in [1.82, 2.24) is 10.2 Å². The quantitative estimate of drug-likeness (QED) is 0.486. The molecule has 0 saturated heterocycles. The Morgan fingerprint density at radius 2 is 2.00 bits per heavy atom. The van der Waals surface area contributed by atoms with Crippen molar-refractivity contribution in [1.29, 1.82) is 0 Å². The van der Waals surface area contributed by atoms with Crippen LogP contribution in [0.25, 0.3) is 0 Å². The Balaban J connectivity index is 1.67. The summed E-state index contributed by atoms with van der Waals surface area (Å²) in [5.41, 5.74) is 0.141. The Morgan fingerprint density at radius 3 is 2.70 bits per heavy atom. The van der Waals surface area contributed by atoms with E-state index in [1.165, 1.54) is 6.07 Å². The fourth-order valence-electron chi connectivity index (χ4n) is 2.29. The van der Waals surface area contributed by atoms with Gasteiger partial charge in [0.05, 0.1) is 4.92 Å². The third-order valence-corrected chi connectivity index (χ3v) is 4.59. The van der Waals surface area contributed by atoms with Gasteiger partial charge in [-0.15, -0.1) is 10.2 Å². The second-order valence-electron chi connectivity index (χ2n) is 5.43. The van der Waals surface area contributed by atoms with Crippen LogP contribution in [0.3, 0.4) is 0 Å². The van der Waals surface area contributed by atoms with Gasteiger partial charge in [0.15, 0.2) is 5.01 Å². The van der Waals surface area contributed by atoms with E-state index in [1.807, 2.05) is 0 Å². The van der Waals surface area contributed by atoms with E-state index in [-0.39, 0.29) is 23.0 Å². The van der Waals surface area contributed by atoms with E-state index in [2.05, 4.69) is 15.5 Å². The normalized spacial score (nSPS) is 10.4. The molecule has 0 aliphatic rings. The van der Waals surface area contributed by atoms with E-state index < -0.39 is 10.8 Å². The lowest BCUT2D eigenvalue weighted by molar-refractivity contribution is -0.385. The molecule has 0 atom stereocenters. The molecular formula is C17H13ClN4O4S. The van der Waals surface area contributed by atoms with E-state index in [0.717, 1.165) is 11.3 Å². The molecule has 138 valence electrons. The van der Waals surface area contributed by atoms with Gasteiger partial charge in [-0.1, -0.05) is 35.1 Å². The molecule has 0 saturated carbocycles. The van der Waals surface area contributed by atoms with E-state index in [0.29, 0.717) is 21.3 Å². The molecule has 1 N–H and O–H groups in total. The first-order valence-corrected chi connectivity index (χ1v) is 8.89. The van der Waals surface area contributed by atoms with E-state index in [1.54, 1.807) is 43.3 Å². The first-order chi connectivity index (χ1) is 12.9. The lowest BCUT2D eigenvalue weighted by Gasteiger charge is -2.04. The monoisotopic (exact) mass is 404 g/mol. The van der Waals surface area contributed by atoms with Gasteiger partial charge in [0, 0.05) is 10.6 Å². The third kappa shape index (κ3) is 4.57. The van der Waals surface area contributed by atoms with E-state index in [4.69, 9.17) is 16.3 Å². The summed E-state index contributed by atoms with van der Waals surface area (Å²) in [6.45, 7) is 1.74. The zero-order valence-corrected chi connectivity index (χ0v) is 15.6. The summed E-state index contributed by atoms with van der Waals surface area (Å²) >= 11 is 6.93. The Labute approximate surface area is 162 Å². The van der Waals surface area contributed by atoms with Gasteiger partial charge in [0.2, 0.25) is 5.13 Å². The highest BCUT2D eigenvalue weighted by atomic mass is 35.5. The molecule has 2 aromatic carbocycles. The highest BCUT2D eigenvalue weighted by Crippen LogP contribution is 2.25. The average molecular weight is 405 g/mol. The summed E-state index contributed by atoms with van der Waals surface area (Å²) in [6, 6.07) is 11.4. The number of aromatic nitrogens is 2. The van der Waals surface area contributed by atoms with E-state index in [9.17, 15) is 14.9 Å². The summed E-state index contributed by atoms with van der Waals surface area (Å²) < 4.78 is 5.56. The number of amides is 1. The van der Waals surface area contributed by atoms with E-state index >= 15 is 0 Å². The van der Waals surface area contributed by atoms with Crippen molar-refractivity contribution >= 4 is 39.7 Å². The van der Waals surface area contributed by atoms with Crippen molar-refractivity contribution in [2.45, 2.75) is 13.5 Å². The lowest BCUT2D eigenvalue weighted by atomic mass is 10.1. The first kappa shape index (κ1) is 18.7. The summed E-state index contributed by atoms with van der Waals surface area (Å²) in [6.07, 6.45) is 0. The molecule has 8 nitrogen and oxygen atoms in total. The molecule has 1 heterocycles. The Hall–Kier alpha value is -3.04. The molecule has 0 unspecified atom stereocenters. The predicted molar refractivity (Wildman–Crippen MR) is 101 cm³/mol. The van der Waals surface area contributed by atoms with Crippen molar-refractivity contribution < 1.29 is 14.5 Å². The van der Waals surface area contributed by atoms with Crippen LogP contribution in [0.4, 0.5) is 10.8 Å². The Bertz CT molecular complexity index is 991. The number of nitrogens with one attached hydrogen (secondary N) is 1. The van der Waals surface area contributed by atoms with Crippen LogP contribution in [-0.2, 0) is 6.61 Å². The van der Waals surface area contributed by atoms with Crippen LogP contribution < -0.4 is 10.1 Å². The number of benzene rings is 2. The summed E-state index contributed by atoms with van der Waals surface area (Å²) in [7, 11) is 0. The number of rotatable bonds is 6. The van der Waals surface area contributed by atoms with Crippen molar-refractivity contribution in [3.63, 3.8) is 0 Å². The van der Waals surface area contributed by atoms with Crippen LogP contribution >= 0.6 is 22.9 Å². The highest BCUT2D eigenvalue weighted by molar-refractivity contribution is 7.15. The molecule has 0 fully saturated rings. The molecule has 1 aromatic heterocycles. The molecule has 0 radical (unpaired) electrons. The number of hydrogen-bond donors (Lipinski definition) is 1. The van der Waals surface area contributed by atoms with Crippen LogP contribution in [-0.4, -0.2) is 21.0 Å². The molecule has 3 rings (SSSR count). The lowest BCUT2D eigenvalue weighted by Crippen LogP contribution is -2.14. The zero-order chi connectivity index (χ0) is 19.4. The predicted octanol–water partition coefficient (Wildman–Crippen LogP) is 4.24. The Morgan fingerprint density at radius 1 is 1.26 bits per heavy atom. The molecule has 0 aliphatic heterocycles. The van der Waals surface area contributed by atoms with Crippen LogP contribution in [0.5, 0.6) is 5.75 Å². The fraction of sp³-hybridized carbons (Fsp3) is 0.118. The maximum absolute atomic E-state index is 12.4. The van der Waals surface area contributed by atoms with Crippen molar-refractivity contribution in [2.75, 3.05) is 5.32 Å². The molecule has 27 heavy (non-hydrogen) atoms. The first-order valence-electron chi connectivity index (χ1n) is 7.70. The highest BCUT2D eigenvalue weighted by Gasteiger charge is 2.23. The summed E-state index contributed by atoms with van der Waals surface area (Å²) in [5.74, 6) is 0.00212. The molecule has 0 spiro atoms. The molecule has 10 heteroatoms. The molecule has 3 aromatic rings. The van der Waals surface area contributed by atoms with Gasteiger partial charge in [-0.25, -0.2) is 0 Å². The second kappa shape index (κ2) is 8.11. The van der Waals surface area contributed by atoms with Gasteiger partial charge in [-0.3, -0.25) is 20.2 Å². The van der Waals surface area contributed by atoms with Gasteiger partial charge >= 0.3 is 0 Å². The number of nitrogens with zero attached hydrogens (tertiary/aromatic N) is 3. The standard InChI is InChI=1S/C17H13ClN4O4S/c1-10-3-2-4-13(15(10)22(24)25)16(23)19-17-21-20-14(27-17)9-26-12-7-5-11(18)6-8-12/h2-8H,9H2,1H3,(H,19,21,23). The minimum absolute atomic E-state index is 0.0332. The number of para-hydroxylation sites is 1. The van der Waals surface area contributed by atoms with Crippen molar-refractivity contribution in [2.24, 2.45) is 0 Å². The van der Waals surface area contributed by atoms with Crippen LogP contribution in [0.2, 0.25) is 5.02 Å². The molecule has 0 bridgehead atoms. The number of carbonyl (C=O) groups excluding carboxylic acids is 1. The summed E-state index contributed by atoms with van der Waals surface area (Å²) in [4.78, 5) is 23.0.